The second kappa shape index (κ2) is 10.2. The molecular weight excluding hydrogens is 373 g/mol. The number of carbonyl (C=O) groups is 1. The molecule has 7 heteroatoms. The molecule has 26 heavy (non-hydrogen) atoms. The Kier molecular flexibility index (Phi) is 8.22. The summed E-state index contributed by atoms with van der Waals surface area (Å²) in [5, 5.41) is 4.01. The van der Waals surface area contributed by atoms with Crippen LogP contribution in [0.1, 0.15) is 44.1 Å². The highest BCUT2D eigenvalue weighted by Gasteiger charge is 2.29. The molecule has 1 atom stereocenters. The highest BCUT2D eigenvalue weighted by atomic mass is 35.5. The van der Waals surface area contributed by atoms with Gasteiger partial charge in [0.05, 0.1) is 6.04 Å². The van der Waals surface area contributed by atoms with E-state index in [1.165, 1.54) is 44.2 Å². The van der Waals surface area contributed by atoms with Gasteiger partial charge in [-0.1, -0.05) is 43.2 Å². The highest BCUT2D eigenvalue weighted by molar-refractivity contribution is 8.14. The summed E-state index contributed by atoms with van der Waals surface area (Å²) in [6.45, 7) is 0.436. The number of hydrogen-bond donors (Lipinski definition) is 1. The number of amidine groups is 1. The quantitative estimate of drug-likeness (QED) is 0.814. The topological polar surface area (TPSA) is 44.7 Å². The molecule has 144 valence electrons. The van der Waals surface area contributed by atoms with E-state index in [2.05, 4.69) is 10.2 Å². The zero-order valence-electron chi connectivity index (χ0n) is 15.1. The van der Waals surface area contributed by atoms with Gasteiger partial charge >= 0.3 is 0 Å². The first-order chi connectivity index (χ1) is 12.1. The summed E-state index contributed by atoms with van der Waals surface area (Å²) in [6.07, 6.45) is 6.76. The van der Waals surface area contributed by atoms with E-state index in [4.69, 9.17) is 4.99 Å². The minimum Gasteiger partial charge on any atom is -0.352 e. The van der Waals surface area contributed by atoms with E-state index in [1.54, 1.807) is 23.9 Å². The van der Waals surface area contributed by atoms with Crippen LogP contribution >= 0.6 is 24.2 Å². The van der Waals surface area contributed by atoms with Crippen molar-refractivity contribution in [3.8, 4) is 0 Å². The Morgan fingerprint density at radius 3 is 2.65 bits per heavy atom. The van der Waals surface area contributed by atoms with Gasteiger partial charge in [-0.3, -0.25) is 9.79 Å². The molecule has 3 rings (SSSR count). The number of carbonyl (C=O) groups excluding carboxylic acids is 1. The second-order valence-corrected chi connectivity index (χ2v) is 7.87. The molecule has 2 aliphatic rings. The summed E-state index contributed by atoms with van der Waals surface area (Å²) < 4.78 is 12.9. The van der Waals surface area contributed by atoms with Crippen LogP contribution in [0.4, 0.5) is 4.39 Å². The van der Waals surface area contributed by atoms with Crippen molar-refractivity contribution in [2.24, 2.45) is 4.99 Å². The van der Waals surface area contributed by atoms with Gasteiger partial charge < -0.3 is 10.2 Å². The lowest BCUT2D eigenvalue weighted by Gasteiger charge is -2.23. The number of nitrogens with one attached hydrogen (secondary N) is 1. The first-order valence-electron chi connectivity index (χ1n) is 9.06. The Balaban J connectivity index is 0.00000243. The molecule has 1 N–H and O–H groups in total. The summed E-state index contributed by atoms with van der Waals surface area (Å²) in [5.41, 5.74) is 0.906. The van der Waals surface area contributed by atoms with Crippen molar-refractivity contribution in [2.75, 3.05) is 12.8 Å². The Morgan fingerprint density at radius 2 is 1.96 bits per heavy atom. The maximum Gasteiger partial charge on any atom is 0.222 e. The smallest absolute Gasteiger partial charge is 0.222 e. The average Bonchev–Trinajstić information content (AvgIpc) is 2.95. The van der Waals surface area contributed by atoms with E-state index in [0.29, 0.717) is 19.0 Å². The molecule has 0 aromatic heterocycles. The summed E-state index contributed by atoms with van der Waals surface area (Å²) >= 11 is 1.76. The number of hydrogen-bond acceptors (Lipinski definition) is 3. The molecule has 4 nitrogen and oxygen atoms in total. The summed E-state index contributed by atoms with van der Waals surface area (Å²) in [4.78, 5) is 19.3. The van der Waals surface area contributed by atoms with Crippen LogP contribution in [0, 0.1) is 5.82 Å². The van der Waals surface area contributed by atoms with E-state index in [1.807, 2.05) is 7.05 Å². The standard InChI is InChI=1S/C19H26FN3OS.ClH/c1-23-17(13-25-19(23)22-16-5-3-2-4-6-16)11-18(24)21-12-14-7-9-15(20)10-8-14;/h7-10,16-17H,2-6,11-13H2,1H3,(H,21,24);1H. The third-order valence-electron chi connectivity index (χ3n) is 4.95. The van der Waals surface area contributed by atoms with Gasteiger partial charge in [-0.05, 0) is 30.5 Å². The predicted octanol–water partition coefficient (Wildman–Crippen LogP) is 3.99. The van der Waals surface area contributed by atoms with Crippen LogP contribution in [-0.4, -0.2) is 40.9 Å². The Bertz CT molecular complexity index is 620. The molecule has 1 aliphatic heterocycles. The van der Waals surface area contributed by atoms with Crippen LogP contribution < -0.4 is 5.32 Å². The van der Waals surface area contributed by atoms with Gasteiger partial charge in [0.15, 0.2) is 5.17 Å². The Labute approximate surface area is 165 Å². The molecule has 1 saturated heterocycles. The second-order valence-electron chi connectivity index (χ2n) is 6.89. The lowest BCUT2D eigenvalue weighted by atomic mass is 9.96. The van der Waals surface area contributed by atoms with Crippen molar-refractivity contribution in [1.29, 1.82) is 0 Å². The van der Waals surface area contributed by atoms with Crippen LogP contribution in [0.15, 0.2) is 29.3 Å². The third kappa shape index (κ3) is 5.88. The van der Waals surface area contributed by atoms with Crippen LogP contribution in [0.25, 0.3) is 0 Å². The van der Waals surface area contributed by atoms with Gasteiger partial charge in [-0.2, -0.15) is 0 Å². The fraction of sp³-hybridized carbons (Fsp3) is 0.579. The number of benzene rings is 1. The van der Waals surface area contributed by atoms with Crippen molar-refractivity contribution in [2.45, 2.75) is 57.2 Å². The molecule has 1 saturated carbocycles. The maximum atomic E-state index is 12.9. The van der Waals surface area contributed by atoms with Gasteiger partial charge in [0.1, 0.15) is 5.82 Å². The fourth-order valence-electron chi connectivity index (χ4n) is 3.32. The fourth-order valence-corrected chi connectivity index (χ4v) is 4.58. The zero-order chi connectivity index (χ0) is 17.6. The Morgan fingerprint density at radius 1 is 1.27 bits per heavy atom. The number of thioether (sulfide) groups is 1. The summed E-state index contributed by atoms with van der Waals surface area (Å²) in [6, 6.07) is 6.88. The van der Waals surface area contributed by atoms with Crippen LogP contribution in [0.2, 0.25) is 0 Å². The average molecular weight is 400 g/mol. The van der Waals surface area contributed by atoms with E-state index in [9.17, 15) is 9.18 Å². The lowest BCUT2D eigenvalue weighted by Crippen LogP contribution is -2.36. The minimum atomic E-state index is -0.260. The molecule has 1 heterocycles. The number of halogens is 2. The van der Waals surface area contributed by atoms with Crippen molar-refractivity contribution < 1.29 is 9.18 Å². The molecule has 1 amide bonds. The zero-order valence-corrected chi connectivity index (χ0v) is 16.8. The van der Waals surface area contributed by atoms with Crippen LogP contribution in [-0.2, 0) is 11.3 Å². The largest absolute Gasteiger partial charge is 0.352 e. The number of rotatable bonds is 5. The van der Waals surface area contributed by atoms with Crippen molar-refractivity contribution in [3.05, 3.63) is 35.6 Å². The molecule has 1 aliphatic carbocycles. The van der Waals surface area contributed by atoms with E-state index >= 15 is 0 Å². The van der Waals surface area contributed by atoms with Gasteiger partial charge in [-0.15, -0.1) is 12.4 Å². The monoisotopic (exact) mass is 399 g/mol. The number of nitrogens with zero attached hydrogens (tertiary/aromatic N) is 2. The van der Waals surface area contributed by atoms with Gasteiger partial charge in [-0.25, -0.2) is 4.39 Å². The molecule has 1 aromatic carbocycles. The van der Waals surface area contributed by atoms with E-state index in [-0.39, 0.29) is 30.2 Å². The molecule has 1 aromatic rings. The normalized spacial score (nSPS) is 22.3. The van der Waals surface area contributed by atoms with E-state index in [0.717, 1.165) is 16.5 Å². The molecule has 0 bridgehead atoms. The van der Waals surface area contributed by atoms with Crippen molar-refractivity contribution in [1.82, 2.24) is 10.2 Å². The first-order valence-corrected chi connectivity index (χ1v) is 10.0. The SMILES string of the molecule is CN1C(=NC2CCCCC2)SCC1CC(=O)NCc1ccc(F)cc1.Cl. The molecule has 0 radical (unpaired) electrons. The van der Waals surface area contributed by atoms with Crippen LogP contribution in [0.5, 0.6) is 0 Å². The van der Waals surface area contributed by atoms with Gasteiger partial charge in [0.2, 0.25) is 5.91 Å². The minimum absolute atomic E-state index is 0. The Hall–Kier alpha value is -1.27. The number of aliphatic imine (C=N–C) groups is 1. The molecular formula is C19H27ClFN3OS. The number of amides is 1. The molecule has 0 spiro atoms. The highest BCUT2D eigenvalue weighted by Crippen LogP contribution is 2.28. The predicted molar refractivity (Wildman–Crippen MR) is 108 cm³/mol. The summed E-state index contributed by atoms with van der Waals surface area (Å²) in [5.74, 6) is 0.677. The van der Waals surface area contributed by atoms with Gasteiger partial charge in [0.25, 0.3) is 0 Å². The first kappa shape index (κ1) is 21.0. The van der Waals surface area contributed by atoms with E-state index < -0.39 is 0 Å². The third-order valence-corrected chi connectivity index (χ3v) is 6.15. The lowest BCUT2D eigenvalue weighted by molar-refractivity contribution is -0.121. The van der Waals surface area contributed by atoms with Crippen molar-refractivity contribution >= 4 is 35.2 Å². The van der Waals surface area contributed by atoms with Gasteiger partial charge in [0, 0.05) is 31.8 Å². The summed E-state index contributed by atoms with van der Waals surface area (Å²) in [7, 11) is 2.04. The molecule has 2 fully saturated rings. The van der Waals surface area contributed by atoms with Crippen LogP contribution in [0.3, 0.4) is 0 Å². The molecule has 1 unspecified atom stereocenters. The van der Waals surface area contributed by atoms with Crippen molar-refractivity contribution in [3.63, 3.8) is 0 Å². The maximum absolute atomic E-state index is 12.9.